The number of aromatic nitrogens is 3. The van der Waals surface area contributed by atoms with Gasteiger partial charge in [-0.15, -0.1) is 10.2 Å². The molecule has 0 radical (unpaired) electrons. The maximum absolute atomic E-state index is 12.4. The largest absolute Gasteiger partial charge is 0.309 e. The van der Waals surface area contributed by atoms with Crippen molar-refractivity contribution in [1.82, 2.24) is 14.8 Å². The summed E-state index contributed by atoms with van der Waals surface area (Å²) in [6, 6.07) is 22.1. The number of carbonyl (C=O) groups excluding carboxylic acids is 1. The number of carbonyl (C=O) groups is 1. The van der Waals surface area contributed by atoms with Gasteiger partial charge in [-0.05, 0) is 28.5 Å². The van der Waals surface area contributed by atoms with Crippen LogP contribution in [0.3, 0.4) is 0 Å². The molecule has 4 rings (SSSR count). The van der Waals surface area contributed by atoms with Crippen molar-refractivity contribution in [3.05, 3.63) is 88.2 Å². The number of Topliss-reactive ketones (excluding diaryl/α,β-unsaturated/α-hetero) is 1. The fourth-order valence-electron chi connectivity index (χ4n) is 3.09. The van der Waals surface area contributed by atoms with E-state index < -0.39 is 0 Å². The minimum atomic E-state index is 0.0797. The van der Waals surface area contributed by atoms with Gasteiger partial charge in [0.25, 0.3) is 0 Å². The van der Waals surface area contributed by atoms with Crippen molar-refractivity contribution in [2.45, 2.75) is 11.6 Å². The van der Waals surface area contributed by atoms with Crippen LogP contribution < -0.4 is 0 Å². The molecule has 0 unspecified atom stereocenters. The molecule has 3 aromatic carbocycles. The topological polar surface area (TPSA) is 47.8 Å². The van der Waals surface area contributed by atoms with Crippen molar-refractivity contribution in [3.63, 3.8) is 0 Å². The Bertz CT molecular complexity index is 1130. The number of hydrogen-bond acceptors (Lipinski definition) is 4. The lowest BCUT2D eigenvalue weighted by Gasteiger charge is -2.07. The number of nitrogens with zero attached hydrogens (tertiary/aromatic N) is 3. The van der Waals surface area contributed by atoms with Crippen molar-refractivity contribution in [2.75, 3.05) is 5.75 Å². The molecule has 0 fully saturated rings. The summed E-state index contributed by atoms with van der Waals surface area (Å²) in [4.78, 5) is 12.4. The van der Waals surface area contributed by atoms with E-state index in [1.807, 2.05) is 41.9 Å². The molecule has 0 bridgehead atoms. The molecule has 140 valence electrons. The molecule has 0 saturated heterocycles. The van der Waals surface area contributed by atoms with Crippen molar-refractivity contribution in [1.29, 1.82) is 0 Å². The third kappa shape index (κ3) is 4.03. The molecule has 4 nitrogen and oxygen atoms in total. The second-order valence-corrected chi connectivity index (χ2v) is 8.35. The summed E-state index contributed by atoms with van der Waals surface area (Å²) in [5.74, 6) is 1.30. The number of rotatable bonds is 6. The van der Waals surface area contributed by atoms with Crippen LogP contribution in [0.1, 0.15) is 21.7 Å². The summed E-state index contributed by atoms with van der Waals surface area (Å²) in [5, 5.41) is 11.8. The molecule has 6 heteroatoms. The number of fused-ring (bicyclic) bond motifs is 1. The Kier molecular flexibility index (Phi) is 5.59. The van der Waals surface area contributed by atoms with Crippen LogP contribution in [0.25, 0.3) is 10.8 Å². The van der Waals surface area contributed by atoms with Gasteiger partial charge in [0, 0.05) is 23.5 Å². The van der Waals surface area contributed by atoms with Gasteiger partial charge in [0.2, 0.25) is 0 Å². The molecule has 4 aromatic rings. The van der Waals surface area contributed by atoms with E-state index in [2.05, 4.69) is 62.5 Å². The van der Waals surface area contributed by atoms with Gasteiger partial charge in [-0.3, -0.25) is 4.79 Å². The Balaban J connectivity index is 1.48. The lowest BCUT2D eigenvalue weighted by Crippen LogP contribution is -2.05. The molecule has 0 aliphatic heterocycles. The summed E-state index contributed by atoms with van der Waals surface area (Å²) in [5.41, 5.74) is 1.92. The average molecular weight is 452 g/mol. The number of benzene rings is 3. The number of thioether (sulfide) groups is 1. The third-order valence-corrected chi connectivity index (χ3v) is 6.20. The van der Waals surface area contributed by atoms with Gasteiger partial charge >= 0.3 is 0 Å². The molecular weight excluding hydrogens is 434 g/mol. The maximum Gasteiger partial charge on any atom is 0.191 e. The van der Waals surface area contributed by atoms with Crippen LogP contribution in [0.4, 0.5) is 0 Å². The van der Waals surface area contributed by atoms with Crippen LogP contribution in [-0.4, -0.2) is 26.3 Å². The monoisotopic (exact) mass is 451 g/mol. The molecule has 1 heterocycles. The molecule has 0 aliphatic carbocycles. The quantitative estimate of drug-likeness (QED) is 0.294. The van der Waals surface area contributed by atoms with Crippen LogP contribution in [0.15, 0.2) is 76.4 Å². The molecule has 0 spiro atoms. The summed E-state index contributed by atoms with van der Waals surface area (Å²) < 4.78 is 2.93. The Labute approximate surface area is 176 Å². The zero-order chi connectivity index (χ0) is 19.5. The van der Waals surface area contributed by atoms with Crippen molar-refractivity contribution in [2.24, 2.45) is 7.05 Å². The smallest absolute Gasteiger partial charge is 0.191 e. The zero-order valence-corrected chi connectivity index (χ0v) is 17.7. The number of ketones is 1. The fraction of sp³-hybridized carbons (Fsp3) is 0.136. The molecule has 0 N–H and O–H groups in total. The van der Waals surface area contributed by atoms with E-state index in [1.165, 1.54) is 28.1 Å². The first-order valence-electron chi connectivity index (χ1n) is 8.88. The fourth-order valence-corrected chi connectivity index (χ4v) is 4.18. The minimum absolute atomic E-state index is 0.0797. The van der Waals surface area contributed by atoms with Crippen LogP contribution in [0.2, 0.25) is 0 Å². The van der Waals surface area contributed by atoms with Crippen LogP contribution >= 0.6 is 27.7 Å². The van der Waals surface area contributed by atoms with E-state index >= 15 is 0 Å². The Morgan fingerprint density at radius 1 is 1.00 bits per heavy atom. The first kappa shape index (κ1) is 18.9. The predicted molar refractivity (Wildman–Crippen MR) is 117 cm³/mol. The Morgan fingerprint density at radius 2 is 1.75 bits per heavy atom. The Morgan fingerprint density at radius 3 is 2.57 bits per heavy atom. The average Bonchev–Trinajstić information content (AvgIpc) is 3.06. The second-order valence-electron chi connectivity index (χ2n) is 6.49. The lowest BCUT2D eigenvalue weighted by atomic mass is 10.0. The van der Waals surface area contributed by atoms with E-state index in [-0.39, 0.29) is 5.78 Å². The number of hydrogen-bond donors (Lipinski definition) is 0. The molecule has 0 saturated carbocycles. The summed E-state index contributed by atoms with van der Waals surface area (Å²) in [6.45, 7) is 0. The minimum Gasteiger partial charge on any atom is -0.309 e. The van der Waals surface area contributed by atoms with Crippen molar-refractivity contribution >= 4 is 44.2 Å². The van der Waals surface area contributed by atoms with E-state index in [1.54, 1.807) is 0 Å². The highest BCUT2D eigenvalue weighted by molar-refractivity contribution is 9.10. The van der Waals surface area contributed by atoms with E-state index in [4.69, 9.17) is 0 Å². The molecule has 28 heavy (non-hydrogen) atoms. The van der Waals surface area contributed by atoms with E-state index in [9.17, 15) is 4.79 Å². The number of halogens is 1. The van der Waals surface area contributed by atoms with Crippen molar-refractivity contribution < 1.29 is 4.79 Å². The highest BCUT2D eigenvalue weighted by Crippen LogP contribution is 2.23. The van der Waals surface area contributed by atoms with Crippen LogP contribution in [-0.2, 0) is 13.5 Å². The first-order valence-corrected chi connectivity index (χ1v) is 10.7. The van der Waals surface area contributed by atoms with Gasteiger partial charge in [-0.25, -0.2) is 0 Å². The molecule has 0 amide bonds. The van der Waals surface area contributed by atoms with Gasteiger partial charge in [-0.2, -0.15) is 0 Å². The van der Waals surface area contributed by atoms with Gasteiger partial charge in [-0.1, -0.05) is 82.3 Å². The zero-order valence-electron chi connectivity index (χ0n) is 15.3. The SMILES string of the molecule is Cn1c(Cc2cccc3ccccc23)nnc1SCC(=O)c1ccc(Br)cc1. The second kappa shape index (κ2) is 8.29. The van der Waals surface area contributed by atoms with E-state index in [0.717, 1.165) is 15.5 Å². The highest BCUT2D eigenvalue weighted by Gasteiger charge is 2.14. The molecular formula is C22H18BrN3OS. The van der Waals surface area contributed by atoms with Gasteiger partial charge in [0.1, 0.15) is 5.82 Å². The first-order chi connectivity index (χ1) is 13.6. The molecule has 1 aromatic heterocycles. The van der Waals surface area contributed by atoms with E-state index in [0.29, 0.717) is 17.7 Å². The summed E-state index contributed by atoms with van der Waals surface area (Å²) >= 11 is 4.80. The summed E-state index contributed by atoms with van der Waals surface area (Å²) in [6.07, 6.45) is 0.700. The standard InChI is InChI=1S/C22H18BrN3OS/c1-26-21(13-17-7-4-6-15-5-2-3-8-19(15)17)24-25-22(26)28-14-20(27)16-9-11-18(23)12-10-16/h2-12H,13-14H2,1H3. The Hall–Kier alpha value is -2.44. The van der Waals surface area contributed by atoms with Crippen LogP contribution in [0.5, 0.6) is 0 Å². The lowest BCUT2D eigenvalue weighted by molar-refractivity contribution is 0.102. The van der Waals surface area contributed by atoms with Gasteiger partial charge < -0.3 is 4.57 Å². The molecule has 0 aliphatic rings. The normalized spacial score (nSPS) is 11.1. The van der Waals surface area contributed by atoms with Crippen LogP contribution in [0, 0.1) is 0 Å². The highest BCUT2D eigenvalue weighted by atomic mass is 79.9. The van der Waals surface area contributed by atoms with Crippen molar-refractivity contribution in [3.8, 4) is 0 Å². The van der Waals surface area contributed by atoms with Gasteiger partial charge in [0.05, 0.1) is 5.75 Å². The maximum atomic E-state index is 12.4. The third-order valence-electron chi connectivity index (χ3n) is 4.65. The van der Waals surface area contributed by atoms with Gasteiger partial charge in [0.15, 0.2) is 10.9 Å². The summed E-state index contributed by atoms with van der Waals surface area (Å²) in [7, 11) is 1.95. The predicted octanol–water partition coefficient (Wildman–Crippen LogP) is 5.30. The molecule has 0 atom stereocenters.